The second kappa shape index (κ2) is 3.76. The molecule has 1 aromatic rings. The second-order valence-electron chi connectivity index (χ2n) is 4.52. The molecule has 0 aromatic heterocycles. The minimum absolute atomic E-state index is 0.0519. The van der Waals surface area contributed by atoms with Gasteiger partial charge < -0.3 is 15.3 Å². The van der Waals surface area contributed by atoms with Crippen LogP contribution in [0.15, 0.2) is 24.3 Å². The highest BCUT2D eigenvalue weighted by Crippen LogP contribution is 2.33. The number of hydrogen-bond acceptors (Lipinski definition) is 3. The number of para-hydroxylation sites is 2. The van der Waals surface area contributed by atoms with Gasteiger partial charge in [-0.15, -0.1) is 0 Å². The first-order valence-corrected chi connectivity index (χ1v) is 5.33. The van der Waals surface area contributed by atoms with Crippen LogP contribution in [0.3, 0.4) is 0 Å². The number of benzene rings is 1. The fourth-order valence-electron chi connectivity index (χ4n) is 1.85. The Balaban J connectivity index is 2.50. The molecule has 0 aliphatic carbocycles. The number of nitrogens with one attached hydrogen (secondary N) is 1. The van der Waals surface area contributed by atoms with Crippen molar-refractivity contribution in [1.82, 2.24) is 0 Å². The van der Waals surface area contributed by atoms with E-state index in [0.717, 1.165) is 5.69 Å². The molecule has 17 heavy (non-hydrogen) atoms. The molecular formula is C12H14N2O3. The van der Waals surface area contributed by atoms with E-state index in [0.29, 0.717) is 5.69 Å². The lowest BCUT2D eigenvalue weighted by Crippen LogP contribution is -2.55. The second-order valence-corrected chi connectivity index (χ2v) is 4.52. The summed E-state index contributed by atoms with van der Waals surface area (Å²) in [4.78, 5) is 24.4. The Morgan fingerprint density at radius 3 is 2.71 bits per heavy atom. The lowest BCUT2D eigenvalue weighted by Gasteiger charge is -2.40. The average molecular weight is 234 g/mol. The highest BCUT2D eigenvalue weighted by atomic mass is 16.4. The summed E-state index contributed by atoms with van der Waals surface area (Å²) in [5, 5.41) is 12.0. The minimum atomic E-state index is -1.12. The van der Waals surface area contributed by atoms with Crippen LogP contribution in [0.2, 0.25) is 0 Å². The van der Waals surface area contributed by atoms with E-state index in [1.54, 1.807) is 36.9 Å². The number of carboxylic acid groups (broad SMARTS) is 1. The van der Waals surface area contributed by atoms with Crippen molar-refractivity contribution in [1.29, 1.82) is 0 Å². The van der Waals surface area contributed by atoms with Gasteiger partial charge >= 0.3 is 5.97 Å². The summed E-state index contributed by atoms with van der Waals surface area (Å²) in [6, 6.07) is 7.19. The molecule has 1 aromatic carbocycles. The maximum Gasteiger partial charge on any atom is 0.328 e. The minimum Gasteiger partial charge on any atom is -0.480 e. The van der Waals surface area contributed by atoms with Crippen molar-refractivity contribution in [3.8, 4) is 0 Å². The van der Waals surface area contributed by atoms with Crippen LogP contribution in [0.4, 0.5) is 11.4 Å². The number of carboxylic acids is 1. The summed E-state index contributed by atoms with van der Waals surface area (Å²) in [7, 11) is 0. The zero-order valence-electron chi connectivity index (χ0n) is 9.73. The van der Waals surface area contributed by atoms with Crippen molar-refractivity contribution in [3.05, 3.63) is 24.3 Å². The Bertz CT molecular complexity index is 482. The Labute approximate surface area is 99.0 Å². The van der Waals surface area contributed by atoms with Gasteiger partial charge in [-0.05, 0) is 26.0 Å². The fourth-order valence-corrected chi connectivity index (χ4v) is 1.85. The van der Waals surface area contributed by atoms with E-state index in [-0.39, 0.29) is 12.5 Å². The third-order valence-corrected chi connectivity index (χ3v) is 2.97. The molecule has 1 amide bonds. The van der Waals surface area contributed by atoms with Crippen LogP contribution in [-0.2, 0) is 9.59 Å². The third kappa shape index (κ3) is 1.84. The number of carbonyl (C=O) groups is 2. The Morgan fingerprint density at radius 1 is 1.41 bits per heavy atom. The van der Waals surface area contributed by atoms with Gasteiger partial charge in [0, 0.05) is 0 Å². The van der Waals surface area contributed by atoms with Crippen molar-refractivity contribution < 1.29 is 14.7 Å². The monoisotopic (exact) mass is 234 g/mol. The van der Waals surface area contributed by atoms with E-state index in [2.05, 4.69) is 5.32 Å². The molecule has 0 unspecified atom stereocenters. The van der Waals surface area contributed by atoms with Gasteiger partial charge in [0.15, 0.2) is 0 Å². The van der Waals surface area contributed by atoms with Gasteiger partial charge in [-0.2, -0.15) is 0 Å². The molecule has 2 N–H and O–H groups in total. The van der Waals surface area contributed by atoms with E-state index in [1.807, 2.05) is 6.07 Å². The zero-order valence-corrected chi connectivity index (χ0v) is 9.73. The van der Waals surface area contributed by atoms with Crippen molar-refractivity contribution in [2.45, 2.75) is 19.4 Å². The standard InChI is InChI=1S/C12H14N2O3/c1-12(2,11(16)17)14-7-10(15)13-8-5-3-4-6-9(8)14/h3-6H,7H2,1-2H3,(H,13,15)(H,16,17). The first kappa shape index (κ1) is 11.4. The number of aliphatic carboxylic acids is 1. The number of amides is 1. The molecule has 0 saturated carbocycles. The van der Waals surface area contributed by atoms with Gasteiger partial charge in [-0.3, -0.25) is 4.79 Å². The topological polar surface area (TPSA) is 69.6 Å². The van der Waals surface area contributed by atoms with E-state index in [9.17, 15) is 14.7 Å². The lowest BCUT2D eigenvalue weighted by atomic mass is 10.00. The normalized spacial score (nSPS) is 15.2. The average Bonchev–Trinajstić information content (AvgIpc) is 2.27. The Morgan fingerprint density at radius 2 is 2.06 bits per heavy atom. The van der Waals surface area contributed by atoms with Crippen molar-refractivity contribution in [3.63, 3.8) is 0 Å². The highest BCUT2D eigenvalue weighted by Gasteiger charge is 2.38. The maximum absolute atomic E-state index is 11.6. The van der Waals surface area contributed by atoms with Gasteiger partial charge in [0.05, 0.1) is 17.9 Å². The molecule has 90 valence electrons. The predicted molar refractivity (Wildman–Crippen MR) is 64.1 cm³/mol. The van der Waals surface area contributed by atoms with Crippen LogP contribution in [0, 0.1) is 0 Å². The van der Waals surface area contributed by atoms with Crippen molar-refractivity contribution in [2.24, 2.45) is 0 Å². The van der Waals surface area contributed by atoms with Crippen LogP contribution in [-0.4, -0.2) is 29.1 Å². The van der Waals surface area contributed by atoms with Gasteiger partial charge in [0.1, 0.15) is 5.54 Å². The van der Waals surface area contributed by atoms with Crippen molar-refractivity contribution >= 4 is 23.3 Å². The van der Waals surface area contributed by atoms with E-state index in [4.69, 9.17) is 0 Å². The molecule has 0 atom stereocenters. The van der Waals surface area contributed by atoms with E-state index in [1.165, 1.54) is 0 Å². The molecule has 1 aliphatic heterocycles. The van der Waals surface area contributed by atoms with Gasteiger partial charge in [-0.1, -0.05) is 12.1 Å². The van der Waals surface area contributed by atoms with Crippen LogP contribution >= 0.6 is 0 Å². The maximum atomic E-state index is 11.6. The summed E-state index contributed by atoms with van der Waals surface area (Å²) in [6.45, 7) is 3.23. The molecule has 5 nitrogen and oxygen atoms in total. The van der Waals surface area contributed by atoms with Crippen molar-refractivity contribution in [2.75, 3.05) is 16.8 Å². The van der Waals surface area contributed by atoms with E-state index < -0.39 is 11.5 Å². The predicted octanol–water partition coefficient (Wildman–Crippen LogP) is 1.31. The van der Waals surface area contributed by atoms with Gasteiger partial charge in [0.25, 0.3) is 0 Å². The lowest BCUT2D eigenvalue weighted by molar-refractivity contribution is -0.142. The van der Waals surface area contributed by atoms with Gasteiger partial charge in [0.2, 0.25) is 5.91 Å². The molecule has 2 rings (SSSR count). The molecule has 1 aliphatic rings. The highest BCUT2D eigenvalue weighted by molar-refractivity contribution is 6.03. The molecule has 5 heteroatoms. The van der Waals surface area contributed by atoms with Crippen LogP contribution < -0.4 is 10.2 Å². The molecule has 1 heterocycles. The molecule has 0 radical (unpaired) electrons. The van der Waals surface area contributed by atoms with E-state index >= 15 is 0 Å². The summed E-state index contributed by atoms with van der Waals surface area (Å²) < 4.78 is 0. The van der Waals surface area contributed by atoms with Crippen LogP contribution in [0.5, 0.6) is 0 Å². The van der Waals surface area contributed by atoms with Crippen LogP contribution in [0.1, 0.15) is 13.8 Å². The number of fused-ring (bicyclic) bond motifs is 1. The Kier molecular flexibility index (Phi) is 2.53. The zero-order chi connectivity index (χ0) is 12.6. The number of carbonyl (C=O) groups excluding carboxylic acids is 1. The summed E-state index contributed by atoms with van der Waals surface area (Å²) >= 11 is 0. The summed E-state index contributed by atoms with van der Waals surface area (Å²) in [6.07, 6.45) is 0. The number of hydrogen-bond donors (Lipinski definition) is 2. The Hall–Kier alpha value is -2.04. The first-order valence-electron chi connectivity index (χ1n) is 5.33. The molecule has 0 spiro atoms. The fraction of sp³-hybridized carbons (Fsp3) is 0.333. The smallest absolute Gasteiger partial charge is 0.328 e. The van der Waals surface area contributed by atoms with Gasteiger partial charge in [-0.25, -0.2) is 4.79 Å². The molecule has 0 bridgehead atoms. The third-order valence-electron chi connectivity index (χ3n) is 2.97. The molecular weight excluding hydrogens is 220 g/mol. The number of anilines is 2. The summed E-state index contributed by atoms with van der Waals surface area (Å²) in [5.41, 5.74) is 0.269. The largest absolute Gasteiger partial charge is 0.480 e. The number of rotatable bonds is 2. The van der Waals surface area contributed by atoms with Crippen LogP contribution in [0.25, 0.3) is 0 Å². The quantitative estimate of drug-likeness (QED) is 0.809. The first-order chi connectivity index (χ1) is 7.93. The molecule has 0 fully saturated rings. The SMILES string of the molecule is CC(C)(C(=O)O)N1CC(=O)Nc2ccccc21. The summed E-state index contributed by atoms with van der Waals surface area (Å²) in [5.74, 6) is -1.15. The number of nitrogens with zero attached hydrogens (tertiary/aromatic N) is 1. The molecule has 0 saturated heterocycles.